The zero-order valence-corrected chi connectivity index (χ0v) is 18.4. The monoisotopic (exact) mass is 446 g/mol. The predicted octanol–water partition coefficient (Wildman–Crippen LogP) is 3.86. The van der Waals surface area contributed by atoms with Gasteiger partial charge in [0.2, 0.25) is 5.91 Å². The minimum atomic E-state index is -0.943. The van der Waals surface area contributed by atoms with Gasteiger partial charge in [0, 0.05) is 35.4 Å². The first-order chi connectivity index (χ1) is 14.8. The molecule has 0 bridgehead atoms. The number of amides is 1. The fourth-order valence-electron chi connectivity index (χ4n) is 4.30. The van der Waals surface area contributed by atoms with Crippen LogP contribution in [0.25, 0.3) is 0 Å². The van der Waals surface area contributed by atoms with Crippen molar-refractivity contribution in [1.82, 2.24) is 10.6 Å². The molecule has 2 aromatic rings. The Labute approximate surface area is 186 Å². The maximum atomic E-state index is 13.6. The first-order valence-electron chi connectivity index (χ1n) is 10.5. The molecule has 2 unspecified atom stereocenters. The molecule has 166 valence electrons. The van der Waals surface area contributed by atoms with Crippen LogP contribution in [0, 0.1) is 24.0 Å². The summed E-state index contributed by atoms with van der Waals surface area (Å²) in [6.07, 6.45) is 9.90. The highest BCUT2D eigenvalue weighted by molar-refractivity contribution is 7.10. The average Bonchev–Trinajstić information content (AvgIpc) is 3.21. The molecule has 3 rings (SSSR count). The van der Waals surface area contributed by atoms with Gasteiger partial charge in [0.15, 0.2) is 0 Å². The van der Waals surface area contributed by atoms with Gasteiger partial charge in [0.1, 0.15) is 11.6 Å². The molecule has 1 aromatic heterocycles. The van der Waals surface area contributed by atoms with Crippen molar-refractivity contribution in [2.45, 2.75) is 63.1 Å². The third kappa shape index (κ3) is 6.13. The molecule has 0 spiro atoms. The molecule has 0 aliphatic heterocycles. The van der Waals surface area contributed by atoms with E-state index in [9.17, 15) is 18.7 Å². The summed E-state index contributed by atoms with van der Waals surface area (Å²) in [6, 6.07) is 4.57. The van der Waals surface area contributed by atoms with Crippen LogP contribution in [0.15, 0.2) is 29.6 Å². The van der Waals surface area contributed by atoms with E-state index in [4.69, 9.17) is 6.42 Å². The number of thiophene rings is 1. The fourth-order valence-corrected chi connectivity index (χ4v) is 5.38. The van der Waals surface area contributed by atoms with Crippen molar-refractivity contribution in [2.24, 2.45) is 0 Å². The third-order valence-corrected chi connectivity index (χ3v) is 6.96. The van der Waals surface area contributed by atoms with E-state index in [0.29, 0.717) is 5.56 Å². The fraction of sp³-hybridized carbons (Fsp3) is 0.458. The van der Waals surface area contributed by atoms with Gasteiger partial charge in [-0.1, -0.05) is 25.2 Å². The number of aliphatic hydroxyl groups is 1. The van der Waals surface area contributed by atoms with E-state index < -0.39 is 23.8 Å². The van der Waals surface area contributed by atoms with E-state index in [1.165, 1.54) is 25.5 Å². The van der Waals surface area contributed by atoms with Crippen LogP contribution in [0.4, 0.5) is 8.78 Å². The van der Waals surface area contributed by atoms with Crippen LogP contribution in [-0.2, 0) is 16.8 Å². The molecule has 1 aromatic carbocycles. The molecule has 1 heterocycles. The Bertz CT molecular complexity index is 927. The first kappa shape index (κ1) is 23.4. The van der Waals surface area contributed by atoms with Gasteiger partial charge in [0.05, 0.1) is 17.7 Å². The van der Waals surface area contributed by atoms with E-state index in [-0.39, 0.29) is 24.4 Å². The largest absolute Gasteiger partial charge is 0.390 e. The second-order valence-corrected chi connectivity index (χ2v) is 9.14. The summed E-state index contributed by atoms with van der Waals surface area (Å²) < 4.78 is 27.2. The van der Waals surface area contributed by atoms with Crippen molar-refractivity contribution in [2.75, 3.05) is 6.54 Å². The highest BCUT2D eigenvalue weighted by Gasteiger charge is 2.36. The van der Waals surface area contributed by atoms with E-state index in [1.807, 2.05) is 11.4 Å². The number of hydrogen-bond donors (Lipinski definition) is 3. The molecule has 31 heavy (non-hydrogen) atoms. The molecule has 7 heteroatoms. The Morgan fingerprint density at radius 3 is 2.48 bits per heavy atom. The molecule has 0 radical (unpaired) electrons. The Hall–Kier alpha value is -2.27. The molecule has 1 aliphatic carbocycles. The first-order valence-corrected chi connectivity index (χ1v) is 11.4. The lowest BCUT2D eigenvalue weighted by Gasteiger charge is -2.39. The number of benzene rings is 1. The van der Waals surface area contributed by atoms with Crippen molar-refractivity contribution in [3.05, 3.63) is 57.3 Å². The van der Waals surface area contributed by atoms with Crippen molar-refractivity contribution < 1.29 is 18.7 Å². The van der Waals surface area contributed by atoms with Gasteiger partial charge in [-0.3, -0.25) is 4.79 Å². The number of rotatable bonds is 8. The molecule has 1 aliphatic rings. The third-order valence-electron chi connectivity index (χ3n) is 5.83. The van der Waals surface area contributed by atoms with Gasteiger partial charge in [-0.2, -0.15) is 0 Å². The lowest BCUT2D eigenvalue weighted by molar-refractivity contribution is -0.120. The topological polar surface area (TPSA) is 61.4 Å². The zero-order valence-electron chi connectivity index (χ0n) is 17.6. The maximum Gasteiger partial charge on any atom is 0.217 e. The van der Waals surface area contributed by atoms with Gasteiger partial charge >= 0.3 is 0 Å². The zero-order chi connectivity index (χ0) is 22.4. The summed E-state index contributed by atoms with van der Waals surface area (Å²) in [7, 11) is 0. The molecule has 4 nitrogen and oxygen atoms in total. The van der Waals surface area contributed by atoms with Crippen LogP contribution in [0.3, 0.4) is 0 Å². The standard InChI is InChI=1S/C24H28F2N2O2S/c1-3-17-12-23(31-15-17)24(7-5-4-6-8-24)27-14-22(30)21(28-16(2)29)11-18-9-19(25)13-20(26)10-18/h1,9-10,12-13,15,21-22,27,30H,4-8,11,14H2,2H3,(H,28,29). The predicted molar refractivity (Wildman–Crippen MR) is 119 cm³/mol. The summed E-state index contributed by atoms with van der Waals surface area (Å²) in [5, 5.41) is 19.1. The SMILES string of the molecule is C#Cc1csc(C2(NCC(O)C(Cc3cc(F)cc(F)c3)NC(C)=O)CCCCC2)c1. The van der Waals surface area contributed by atoms with Crippen LogP contribution in [-0.4, -0.2) is 29.7 Å². The summed E-state index contributed by atoms with van der Waals surface area (Å²) in [5.74, 6) is 0.979. The number of carbonyl (C=O) groups is 1. The number of nitrogens with one attached hydrogen (secondary N) is 2. The van der Waals surface area contributed by atoms with Crippen LogP contribution in [0.1, 0.15) is 55.0 Å². The van der Waals surface area contributed by atoms with Crippen LogP contribution < -0.4 is 10.6 Å². The molecule has 2 atom stereocenters. The van der Waals surface area contributed by atoms with E-state index >= 15 is 0 Å². The molecule has 0 saturated heterocycles. The van der Waals surface area contributed by atoms with Gasteiger partial charge in [0.25, 0.3) is 0 Å². The number of aliphatic hydroxyl groups excluding tert-OH is 1. The Balaban J connectivity index is 1.75. The maximum absolute atomic E-state index is 13.6. The van der Waals surface area contributed by atoms with Gasteiger partial charge in [-0.15, -0.1) is 17.8 Å². The van der Waals surface area contributed by atoms with Gasteiger partial charge < -0.3 is 15.7 Å². The lowest BCUT2D eigenvalue weighted by atomic mass is 9.80. The number of terminal acetylenes is 1. The average molecular weight is 447 g/mol. The van der Waals surface area contributed by atoms with Crippen molar-refractivity contribution in [3.63, 3.8) is 0 Å². The lowest BCUT2D eigenvalue weighted by Crippen LogP contribution is -2.52. The van der Waals surface area contributed by atoms with Gasteiger partial charge in [-0.05, 0) is 43.0 Å². The number of halogens is 2. The van der Waals surface area contributed by atoms with E-state index in [2.05, 4.69) is 16.6 Å². The molecule has 3 N–H and O–H groups in total. The number of carbonyl (C=O) groups excluding carboxylic acids is 1. The molecule has 1 amide bonds. The smallest absolute Gasteiger partial charge is 0.217 e. The normalized spacial score (nSPS) is 17.5. The highest BCUT2D eigenvalue weighted by Crippen LogP contribution is 2.40. The minimum absolute atomic E-state index is 0.115. The van der Waals surface area contributed by atoms with Gasteiger partial charge in [-0.25, -0.2) is 8.78 Å². The Morgan fingerprint density at radius 2 is 1.90 bits per heavy atom. The second-order valence-electron chi connectivity index (χ2n) is 8.22. The number of hydrogen-bond acceptors (Lipinski definition) is 4. The molecule has 1 saturated carbocycles. The molecular formula is C24H28F2N2O2S. The summed E-state index contributed by atoms with van der Waals surface area (Å²) in [5.41, 5.74) is 0.946. The summed E-state index contributed by atoms with van der Waals surface area (Å²) in [6.45, 7) is 1.58. The van der Waals surface area contributed by atoms with E-state index in [0.717, 1.165) is 42.2 Å². The van der Waals surface area contributed by atoms with Crippen molar-refractivity contribution in [1.29, 1.82) is 0 Å². The van der Waals surface area contributed by atoms with Crippen LogP contribution in [0.2, 0.25) is 0 Å². The Morgan fingerprint density at radius 1 is 1.23 bits per heavy atom. The van der Waals surface area contributed by atoms with E-state index in [1.54, 1.807) is 11.3 Å². The minimum Gasteiger partial charge on any atom is -0.390 e. The quantitative estimate of drug-likeness (QED) is 0.540. The summed E-state index contributed by atoms with van der Waals surface area (Å²) in [4.78, 5) is 12.8. The van der Waals surface area contributed by atoms with Crippen molar-refractivity contribution in [3.8, 4) is 12.3 Å². The highest BCUT2D eigenvalue weighted by atomic mass is 32.1. The molecule has 1 fully saturated rings. The second kappa shape index (κ2) is 10.4. The summed E-state index contributed by atoms with van der Waals surface area (Å²) >= 11 is 1.62. The molecular weight excluding hydrogens is 418 g/mol. The Kier molecular flexibility index (Phi) is 7.82. The van der Waals surface area contributed by atoms with Crippen LogP contribution in [0.5, 0.6) is 0 Å². The van der Waals surface area contributed by atoms with Crippen LogP contribution >= 0.6 is 11.3 Å². The van der Waals surface area contributed by atoms with Crippen molar-refractivity contribution >= 4 is 17.2 Å².